The number of carbonyl (C=O) groups is 2. The number of ether oxygens (including phenoxy) is 1. The molecule has 0 amide bonds. The zero-order chi connectivity index (χ0) is 33.4. The molecule has 0 heterocycles. The number of carboxylic acid groups (broad SMARTS) is 1. The van der Waals surface area contributed by atoms with Crippen LogP contribution in [0.4, 0.5) is 0 Å². The van der Waals surface area contributed by atoms with Crippen LogP contribution in [0.25, 0.3) is 6.08 Å². The predicted molar refractivity (Wildman–Crippen MR) is 176 cm³/mol. The minimum atomic E-state index is -1.02. The van der Waals surface area contributed by atoms with Gasteiger partial charge in [0.2, 0.25) is 0 Å². The first-order valence-corrected chi connectivity index (χ1v) is 17.5. The van der Waals surface area contributed by atoms with Crippen LogP contribution in [0.1, 0.15) is 98.5 Å². The van der Waals surface area contributed by atoms with E-state index >= 15 is 0 Å². The summed E-state index contributed by atoms with van der Waals surface area (Å²) < 4.78 is 5.81. The fraction of sp³-hybridized carbons (Fsp3) is 0.692. The first-order valence-electron chi connectivity index (χ1n) is 17.5. The third-order valence-corrected chi connectivity index (χ3v) is 15.0. The molecule has 4 N–H and O–H groups in total. The molecule has 5 aliphatic carbocycles. The van der Waals surface area contributed by atoms with Crippen LogP contribution in [0.5, 0.6) is 5.75 Å². The average Bonchev–Trinajstić information content (AvgIpc) is 3.00. The van der Waals surface area contributed by atoms with Crippen LogP contribution in [0.2, 0.25) is 0 Å². The molecule has 0 radical (unpaired) electrons. The van der Waals surface area contributed by atoms with Crippen molar-refractivity contribution in [3.63, 3.8) is 0 Å². The summed E-state index contributed by atoms with van der Waals surface area (Å²) >= 11 is 0. The van der Waals surface area contributed by atoms with Gasteiger partial charge in [0.15, 0.2) is 0 Å². The highest BCUT2D eigenvalue weighted by molar-refractivity contribution is 5.87. The second-order valence-electron chi connectivity index (χ2n) is 16.9. The van der Waals surface area contributed by atoms with E-state index in [9.17, 15) is 30.0 Å². The normalized spacial score (nSPS) is 46.7. The number of benzene rings is 1. The van der Waals surface area contributed by atoms with Crippen molar-refractivity contribution in [2.45, 2.75) is 105 Å². The summed E-state index contributed by atoms with van der Waals surface area (Å²) in [5.41, 5.74) is 0.0419. The second kappa shape index (κ2) is 11.2. The van der Waals surface area contributed by atoms with E-state index in [1.54, 1.807) is 30.3 Å². The van der Waals surface area contributed by atoms with Crippen molar-refractivity contribution in [3.8, 4) is 5.75 Å². The molecule has 7 heteroatoms. The number of aliphatic carboxylic acids is 1. The van der Waals surface area contributed by atoms with Crippen LogP contribution >= 0.6 is 0 Å². The third kappa shape index (κ3) is 4.65. The summed E-state index contributed by atoms with van der Waals surface area (Å²) in [6, 6.07) is 6.53. The van der Waals surface area contributed by atoms with E-state index in [2.05, 4.69) is 40.7 Å². The zero-order valence-corrected chi connectivity index (χ0v) is 28.5. The van der Waals surface area contributed by atoms with Gasteiger partial charge in [-0.25, -0.2) is 4.79 Å². The van der Waals surface area contributed by atoms with E-state index in [0.29, 0.717) is 24.7 Å². The van der Waals surface area contributed by atoms with Gasteiger partial charge in [-0.1, -0.05) is 65.3 Å². The number of aromatic hydroxyl groups is 1. The molecule has 46 heavy (non-hydrogen) atoms. The molecular weight excluding hydrogens is 580 g/mol. The SMILES string of the molecule is C[C@H]1[C@H](C)CC[C@]2(C(=O)O)CC[C@]3(C)C(=CC[C@@H]4[C@@]5(C)C[C@@H](O)[C@H](O)[C@](C)(COC(=O)/C=C/c6ccc(O)cc6)[C@@H]5CC[C@]43C)[C@H]12. The molecule has 4 fully saturated rings. The van der Waals surface area contributed by atoms with Gasteiger partial charge in [-0.15, -0.1) is 0 Å². The quantitative estimate of drug-likeness (QED) is 0.156. The van der Waals surface area contributed by atoms with Crippen molar-refractivity contribution in [1.29, 1.82) is 0 Å². The molecule has 7 nitrogen and oxygen atoms in total. The van der Waals surface area contributed by atoms with Crippen LogP contribution in [0.15, 0.2) is 42.0 Å². The lowest BCUT2D eigenvalue weighted by Gasteiger charge is -2.71. The van der Waals surface area contributed by atoms with Crippen molar-refractivity contribution in [2.24, 2.45) is 56.7 Å². The molecule has 0 spiro atoms. The summed E-state index contributed by atoms with van der Waals surface area (Å²) in [5.74, 6) is 0.0827. The molecule has 0 aliphatic heterocycles. The molecule has 1 aromatic rings. The van der Waals surface area contributed by atoms with Gasteiger partial charge >= 0.3 is 11.9 Å². The van der Waals surface area contributed by atoms with Crippen LogP contribution in [0.3, 0.4) is 0 Å². The third-order valence-electron chi connectivity index (χ3n) is 15.0. The van der Waals surface area contributed by atoms with Gasteiger partial charge in [0.25, 0.3) is 0 Å². The predicted octanol–water partition coefficient (Wildman–Crippen LogP) is 7.00. The highest BCUT2D eigenvalue weighted by atomic mass is 16.5. The Bertz CT molecular complexity index is 1430. The number of aliphatic hydroxyl groups is 2. The molecule has 1 aromatic carbocycles. The Morgan fingerprint density at radius 2 is 1.65 bits per heavy atom. The van der Waals surface area contributed by atoms with E-state index in [0.717, 1.165) is 44.1 Å². The van der Waals surface area contributed by atoms with Gasteiger partial charge < -0.3 is 25.2 Å². The Hall–Kier alpha value is -2.64. The van der Waals surface area contributed by atoms with Crippen LogP contribution in [-0.4, -0.2) is 51.2 Å². The average molecular weight is 635 g/mol. The monoisotopic (exact) mass is 634 g/mol. The van der Waals surface area contributed by atoms with Gasteiger partial charge in [0.05, 0.1) is 24.2 Å². The molecule has 12 atom stereocenters. The molecule has 6 rings (SSSR count). The van der Waals surface area contributed by atoms with Crippen molar-refractivity contribution in [1.82, 2.24) is 0 Å². The van der Waals surface area contributed by atoms with Gasteiger partial charge in [-0.05, 0) is 121 Å². The van der Waals surface area contributed by atoms with Crippen LogP contribution < -0.4 is 0 Å². The fourth-order valence-corrected chi connectivity index (χ4v) is 12.0. The Morgan fingerprint density at radius 3 is 2.33 bits per heavy atom. The minimum Gasteiger partial charge on any atom is -0.508 e. The maximum atomic E-state index is 13.0. The Labute approximate surface area is 274 Å². The Balaban J connectivity index is 1.30. The standard InChI is InChI=1S/C39H54O7/c1-23-15-18-39(34(44)45)20-19-37(5)27(32(39)24(23)2)12-13-30-35(3)21-28(41)33(43)36(4,29(35)16-17-38(30,37)6)22-46-31(42)14-9-25-7-10-26(40)11-8-25/h7-12,14,23-24,28-30,32-33,40-41,43H,13,15-22H2,1-6H3,(H,44,45)/b14-9+/t23-,24+,28-,29-,30-,32+,33+,35+,36-,37-,38-,39+/m1/s1. The number of phenols is 1. The number of aliphatic hydroxyl groups excluding tert-OH is 2. The molecule has 252 valence electrons. The molecular formula is C39H54O7. The van der Waals surface area contributed by atoms with E-state index < -0.39 is 35.0 Å². The van der Waals surface area contributed by atoms with Crippen LogP contribution in [-0.2, 0) is 14.3 Å². The van der Waals surface area contributed by atoms with E-state index in [4.69, 9.17) is 4.74 Å². The number of phenolic OH excluding ortho intramolecular Hbond substituents is 1. The fourth-order valence-electron chi connectivity index (χ4n) is 12.0. The molecule has 0 aromatic heterocycles. The lowest BCUT2D eigenvalue weighted by molar-refractivity contribution is -0.245. The number of allylic oxidation sites excluding steroid dienone is 2. The highest BCUT2D eigenvalue weighted by Gasteiger charge is 2.71. The first kappa shape index (κ1) is 33.3. The smallest absolute Gasteiger partial charge is 0.330 e. The van der Waals surface area contributed by atoms with Crippen molar-refractivity contribution in [2.75, 3.05) is 6.61 Å². The number of carboxylic acids is 1. The summed E-state index contributed by atoms with van der Waals surface area (Å²) in [4.78, 5) is 25.9. The van der Waals surface area contributed by atoms with Gasteiger partial charge in [0.1, 0.15) is 5.75 Å². The van der Waals surface area contributed by atoms with E-state index in [1.165, 1.54) is 11.6 Å². The minimum absolute atomic E-state index is 0.00460. The number of rotatable bonds is 5. The number of hydrogen-bond donors (Lipinski definition) is 4. The molecule has 0 saturated heterocycles. The number of fused-ring (bicyclic) bond motifs is 7. The number of carbonyl (C=O) groups excluding carboxylic acids is 1. The van der Waals surface area contributed by atoms with Crippen LogP contribution in [0, 0.1) is 56.7 Å². The molecule has 0 bridgehead atoms. The first-order chi connectivity index (χ1) is 21.5. The molecule has 5 aliphatic rings. The lowest BCUT2D eigenvalue weighted by atomic mass is 9.33. The largest absolute Gasteiger partial charge is 0.508 e. The number of esters is 1. The van der Waals surface area contributed by atoms with E-state index in [-0.39, 0.29) is 46.4 Å². The number of hydrogen-bond acceptors (Lipinski definition) is 6. The summed E-state index contributed by atoms with van der Waals surface area (Å²) in [7, 11) is 0. The topological polar surface area (TPSA) is 124 Å². The Kier molecular flexibility index (Phi) is 8.12. The van der Waals surface area contributed by atoms with Gasteiger partial charge in [-0.3, -0.25) is 4.79 Å². The van der Waals surface area contributed by atoms with Crippen molar-refractivity contribution in [3.05, 3.63) is 47.6 Å². The maximum absolute atomic E-state index is 13.0. The van der Waals surface area contributed by atoms with E-state index in [1.807, 2.05) is 6.92 Å². The Morgan fingerprint density at radius 1 is 0.957 bits per heavy atom. The zero-order valence-electron chi connectivity index (χ0n) is 28.5. The summed E-state index contributed by atoms with van der Waals surface area (Å²) in [5, 5.41) is 43.1. The van der Waals surface area contributed by atoms with Gasteiger partial charge in [0, 0.05) is 11.5 Å². The van der Waals surface area contributed by atoms with Gasteiger partial charge in [-0.2, -0.15) is 0 Å². The lowest BCUT2D eigenvalue weighted by Crippen LogP contribution is -2.68. The van der Waals surface area contributed by atoms with Crippen molar-refractivity contribution < 1.29 is 34.8 Å². The highest BCUT2D eigenvalue weighted by Crippen LogP contribution is 2.75. The second-order valence-corrected chi connectivity index (χ2v) is 16.9. The maximum Gasteiger partial charge on any atom is 0.330 e. The molecule has 0 unspecified atom stereocenters. The van der Waals surface area contributed by atoms with Crippen molar-refractivity contribution >= 4 is 18.0 Å². The summed E-state index contributed by atoms with van der Waals surface area (Å²) in [6.07, 6.45) is 9.80. The molecule has 4 saturated carbocycles. The summed E-state index contributed by atoms with van der Waals surface area (Å²) in [6.45, 7) is 13.7.